The summed E-state index contributed by atoms with van der Waals surface area (Å²) in [5.41, 5.74) is 0. The molecule has 4 unspecified atom stereocenters. The predicted octanol–water partition coefficient (Wildman–Crippen LogP) is -0.805. The van der Waals surface area contributed by atoms with Gasteiger partial charge in [0.05, 0.1) is 13.2 Å². The van der Waals surface area contributed by atoms with Crippen LogP contribution in [0.2, 0.25) is 0 Å². The smallest absolute Gasteiger partial charge is 0.325 e. The molecule has 2 fully saturated rings. The van der Waals surface area contributed by atoms with Gasteiger partial charge in [0, 0.05) is 0 Å². The van der Waals surface area contributed by atoms with Crippen molar-refractivity contribution < 1.29 is 28.5 Å². The number of nitrogens with one attached hydrogen (secondary N) is 1. The molecule has 0 spiro atoms. The molecule has 2 saturated heterocycles. The van der Waals surface area contributed by atoms with Crippen molar-refractivity contribution in [2.24, 2.45) is 0 Å². The summed E-state index contributed by atoms with van der Waals surface area (Å²) in [6.45, 7) is 4.07. The van der Waals surface area contributed by atoms with Gasteiger partial charge in [-0.25, -0.2) is 0 Å². The Balaban J connectivity index is 2.07. The number of rotatable bonds is 4. The molecule has 2 aliphatic rings. The molecule has 102 valence electrons. The largest absolute Gasteiger partial charge is 0.465 e. The van der Waals surface area contributed by atoms with E-state index in [1.165, 1.54) is 0 Å². The molecule has 2 rings (SSSR count). The minimum Gasteiger partial charge on any atom is -0.465 e. The van der Waals surface area contributed by atoms with E-state index in [0.717, 1.165) is 0 Å². The van der Waals surface area contributed by atoms with Crippen molar-refractivity contribution in [2.75, 3.05) is 20.0 Å². The molecule has 2 heterocycles. The molecular formula is C11H17NO6. The third kappa shape index (κ3) is 2.33. The van der Waals surface area contributed by atoms with Gasteiger partial charge in [0.25, 0.3) is 0 Å². The van der Waals surface area contributed by atoms with E-state index in [9.17, 15) is 9.59 Å². The minimum absolute atomic E-state index is 0.0722. The highest BCUT2D eigenvalue weighted by Crippen LogP contribution is 2.27. The van der Waals surface area contributed by atoms with Crippen molar-refractivity contribution in [3.63, 3.8) is 0 Å². The Morgan fingerprint density at radius 2 is 1.50 bits per heavy atom. The summed E-state index contributed by atoms with van der Waals surface area (Å²) in [6, 6.07) is -1.38. The lowest BCUT2D eigenvalue weighted by molar-refractivity contribution is -0.149. The second-order valence-corrected chi connectivity index (χ2v) is 4.01. The first-order chi connectivity index (χ1) is 8.69. The maximum Gasteiger partial charge on any atom is 0.325 e. The Morgan fingerprint density at radius 1 is 1.06 bits per heavy atom. The van der Waals surface area contributed by atoms with E-state index in [2.05, 4.69) is 5.32 Å². The van der Waals surface area contributed by atoms with E-state index in [-0.39, 0.29) is 20.0 Å². The van der Waals surface area contributed by atoms with Gasteiger partial charge in [-0.15, -0.1) is 0 Å². The highest BCUT2D eigenvalue weighted by Gasteiger charge is 2.54. The van der Waals surface area contributed by atoms with Gasteiger partial charge in [-0.2, -0.15) is 0 Å². The lowest BCUT2D eigenvalue weighted by Crippen LogP contribution is -2.45. The maximum absolute atomic E-state index is 11.7. The first-order valence-electron chi connectivity index (χ1n) is 6.01. The van der Waals surface area contributed by atoms with E-state index < -0.39 is 36.2 Å². The first-order valence-corrected chi connectivity index (χ1v) is 6.01. The van der Waals surface area contributed by atoms with Crippen LogP contribution in [0.5, 0.6) is 0 Å². The van der Waals surface area contributed by atoms with Crippen LogP contribution in [-0.2, 0) is 28.5 Å². The molecule has 18 heavy (non-hydrogen) atoms. The summed E-state index contributed by atoms with van der Waals surface area (Å²) in [4.78, 5) is 23.5. The molecule has 0 bridgehead atoms. The predicted molar refractivity (Wildman–Crippen MR) is 58.6 cm³/mol. The summed E-state index contributed by atoms with van der Waals surface area (Å²) in [7, 11) is 0. The molecule has 0 aromatic heterocycles. The van der Waals surface area contributed by atoms with E-state index in [4.69, 9.17) is 18.9 Å². The number of hydrogen-bond acceptors (Lipinski definition) is 7. The van der Waals surface area contributed by atoms with Gasteiger partial charge in [0.15, 0.2) is 0 Å². The maximum atomic E-state index is 11.7. The van der Waals surface area contributed by atoms with Crippen molar-refractivity contribution in [2.45, 2.75) is 38.1 Å². The topological polar surface area (TPSA) is 83.1 Å². The molecule has 1 N–H and O–H groups in total. The fourth-order valence-electron chi connectivity index (χ4n) is 2.21. The van der Waals surface area contributed by atoms with Crippen LogP contribution in [0.15, 0.2) is 0 Å². The number of fused-ring (bicyclic) bond motifs is 1. The molecule has 0 aromatic rings. The molecule has 0 amide bonds. The van der Waals surface area contributed by atoms with Crippen LogP contribution in [0.1, 0.15) is 13.8 Å². The molecule has 7 nitrogen and oxygen atoms in total. The summed E-state index contributed by atoms with van der Waals surface area (Å²) in [5, 5.41) is 2.86. The molecule has 0 aliphatic carbocycles. The molecule has 4 atom stereocenters. The molecule has 0 radical (unpaired) electrons. The van der Waals surface area contributed by atoms with Crippen LogP contribution in [-0.4, -0.2) is 56.2 Å². The molecular weight excluding hydrogens is 242 g/mol. The number of esters is 2. The number of carbonyl (C=O) groups excluding carboxylic acids is 2. The third-order valence-corrected chi connectivity index (χ3v) is 2.94. The third-order valence-electron chi connectivity index (χ3n) is 2.94. The summed E-state index contributed by atoms with van der Waals surface area (Å²) in [6.07, 6.45) is -1.00. The van der Waals surface area contributed by atoms with Gasteiger partial charge in [0.1, 0.15) is 31.1 Å². The van der Waals surface area contributed by atoms with Crippen molar-refractivity contribution in [1.29, 1.82) is 0 Å². The average Bonchev–Trinajstić information content (AvgIpc) is 2.89. The van der Waals surface area contributed by atoms with Crippen LogP contribution in [0.25, 0.3) is 0 Å². The van der Waals surface area contributed by atoms with Crippen molar-refractivity contribution in [1.82, 2.24) is 5.32 Å². The Labute approximate surface area is 105 Å². The lowest BCUT2D eigenvalue weighted by Gasteiger charge is -2.15. The van der Waals surface area contributed by atoms with Crippen molar-refractivity contribution in [3.8, 4) is 0 Å². The second kappa shape index (κ2) is 5.64. The molecule has 2 aliphatic heterocycles. The molecule has 0 saturated carbocycles. The Kier molecular flexibility index (Phi) is 4.15. The van der Waals surface area contributed by atoms with Crippen LogP contribution < -0.4 is 5.32 Å². The van der Waals surface area contributed by atoms with Gasteiger partial charge >= 0.3 is 11.9 Å². The number of carbonyl (C=O) groups is 2. The average molecular weight is 259 g/mol. The Bertz CT molecular complexity index is 303. The fraction of sp³-hybridized carbons (Fsp3) is 0.818. The van der Waals surface area contributed by atoms with E-state index in [0.29, 0.717) is 0 Å². The van der Waals surface area contributed by atoms with Crippen molar-refractivity contribution >= 4 is 11.9 Å². The zero-order chi connectivity index (χ0) is 13.1. The van der Waals surface area contributed by atoms with Crippen LogP contribution in [0, 0.1) is 0 Å². The summed E-state index contributed by atoms with van der Waals surface area (Å²) < 4.78 is 20.5. The SMILES string of the molecule is CCOC(=O)C1NC(C(=O)OCC)C2OCOC12. The molecule has 0 aromatic carbocycles. The molecule has 7 heteroatoms. The van der Waals surface area contributed by atoms with Gasteiger partial charge in [0.2, 0.25) is 0 Å². The highest BCUT2D eigenvalue weighted by atomic mass is 16.7. The quantitative estimate of drug-likeness (QED) is 0.661. The second-order valence-electron chi connectivity index (χ2n) is 4.01. The lowest BCUT2D eigenvalue weighted by atomic mass is 10.1. The van der Waals surface area contributed by atoms with E-state index >= 15 is 0 Å². The number of hydrogen-bond donors (Lipinski definition) is 1. The monoisotopic (exact) mass is 259 g/mol. The minimum atomic E-state index is -0.688. The van der Waals surface area contributed by atoms with Gasteiger partial charge in [-0.05, 0) is 13.8 Å². The standard InChI is InChI=1S/C11H17NO6/c1-3-15-10(13)6-8-9(18-5-17-8)7(12-6)11(14)16-4-2/h6-9,12H,3-5H2,1-2H3. The summed E-state index contributed by atoms with van der Waals surface area (Å²) >= 11 is 0. The van der Waals surface area contributed by atoms with E-state index in [1.807, 2.05) is 0 Å². The number of ether oxygens (including phenoxy) is 4. The van der Waals surface area contributed by atoms with Crippen LogP contribution in [0.4, 0.5) is 0 Å². The van der Waals surface area contributed by atoms with Gasteiger partial charge in [-0.1, -0.05) is 0 Å². The van der Waals surface area contributed by atoms with Crippen LogP contribution in [0.3, 0.4) is 0 Å². The highest BCUT2D eigenvalue weighted by molar-refractivity contribution is 5.83. The van der Waals surface area contributed by atoms with Crippen LogP contribution >= 0.6 is 0 Å². The van der Waals surface area contributed by atoms with Gasteiger partial charge < -0.3 is 18.9 Å². The zero-order valence-corrected chi connectivity index (χ0v) is 10.4. The normalized spacial score (nSPS) is 34.1. The van der Waals surface area contributed by atoms with Crippen molar-refractivity contribution in [3.05, 3.63) is 0 Å². The Hall–Kier alpha value is -1.18. The Morgan fingerprint density at radius 3 is 1.89 bits per heavy atom. The first kappa shape index (κ1) is 13.3. The summed E-state index contributed by atoms with van der Waals surface area (Å²) in [5.74, 6) is -0.880. The fourth-order valence-corrected chi connectivity index (χ4v) is 2.21. The van der Waals surface area contributed by atoms with E-state index in [1.54, 1.807) is 13.8 Å². The zero-order valence-electron chi connectivity index (χ0n) is 10.4. The van der Waals surface area contributed by atoms with Gasteiger partial charge in [-0.3, -0.25) is 14.9 Å².